The molecule has 0 aromatic heterocycles. The van der Waals surface area contributed by atoms with Crippen LogP contribution in [0.4, 0.5) is 16.2 Å². The van der Waals surface area contributed by atoms with Crippen LogP contribution in [0, 0.1) is 0 Å². The Bertz CT molecular complexity index is 1980. The van der Waals surface area contributed by atoms with Crippen molar-refractivity contribution in [1.82, 2.24) is 0 Å². The minimum absolute atomic E-state index is 0.294. The summed E-state index contributed by atoms with van der Waals surface area (Å²) in [5.74, 6) is 2.06. The molecule has 1 aliphatic carbocycles. The van der Waals surface area contributed by atoms with E-state index in [-0.39, 0.29) is 0 Å². The highest BCUT2D eigenvalue weighted by molar-refractivity contribution is 6.06. The van der Waals surface area contributed by atoms with Crippen molar-refractivity contribution in [3.8, 4) is 22.6 Å². The molecule has 0 fully saturated rings. The molecule has 7 heteroatoms. The van der Waals surface area contributed by atoms with Gasteiger partial charge in [0.1, 0.15) is 11.5 Å². The van der Waals surface area contributed by atoms with Gasteiger partial charge in [-0.15, -0.1) is 0 Å². The van der Waals surface area contributed by atoms with Gasteiger partial charge in [0.2, 0.25) is 0 Å². The lowest BCUT2D eigenvalue weighted by atomic mass is 9.77. The molecule has 0 saturated carbocycles. The van der Waals surface area contributed by atoms with Crippen LogP contribution >= 0.6 is 0 Å². The van der Waals surface area contributed by atoms with E-state index < -0.39 is 11.7 Å². The second-order valence-electron chi connectivity index (χ2n) is 11.8. The Labute approximate surface area is 280 Å². The molecule has 242 valence electrons. The van der Waals surface area contributed by atoms with Gasteiger partial charge in [-0.3, -0.25) is 5.32 Å². The smallest absolute Gasteiger partial charge is 0.411 e. The van der Waals surface area contributed by atoms with Gasteiger partial charge in [-0.25, -0.2) is 4.79 Å². The van der Waals surface area contributed by atoms with Gasteiger partial charge in [-0.1, -0.05) is 54.6 Å². The summed E-state index contributed by atoms with van der Waals surface area (Å²) in [5.41, 5.74) is 8.58. The van der Waals surface area contributed by atoms with E-state index in [1.165, 1.54) is 22.3 Å². The minimum Gasteiger partial charge on any atom is -0.497 e. The summed E-state index contributed by atoms with van der Waals surface area (Å²) in [6.07, 6.45) is 5.75. The van der Waals surface area contributed by atoms with Gasteiger partial charge >= 0.3 is 6.09 Å². The molecule has 5 aromatic rings. The summed E-state index contributed by atoms with van der Waals surface area (Å²) >= 11 is 0. The maximum absolute atomic E-state index is 12.1. The van der Waals surface area contributed by atoms with Crippen molar-refractivity contribution in [1.29, 1.82) is 0 Å². The highest BCUT2D eigenvalue weighted by atomic mass is 16.5. The average Bonchev–Trinajstić information content (AvgIpc) is 3.11. The number of hydrogen-bond acceptors (Lipinski definition) is 6. The summed E-state index contributed by atoms with van der Waals surface area (Å²) in [6.45, 7) is 8.48. The molecule has 1 atom stereocenters. The normalized spacial score (nSPS) is 15.7. The zero-order chi connectivity index (χ0) is 33.3. The van der Waals surface area contributed by atoms with Crippen LogP contribution in [0.5, 0.6) is 11.5 Å². The van der Waals surface area contributed by atoms with Crippen molar-refractivity contribution in [3.63, 3.8) is 0 Å². The van der Waals surface area contributed by atoms with Crippen molar-refractivity contribution in [2.24, 2.45) is 0 Å². The Balaban J connectivity index is 1.40. The molecule has 0 spiro atoms. The first-order valence-electron chi connectivity index (χ1n) is 16.3. The van der Waals surface area contributed by atoms with Gasteiger partial charge in [0.05, 0.1) is 20.3 Å². The first-order valence-corrected chi connectivity index (χ1v) is 16.3. The lowest BCUT2D eigenvalue weighted by Crippen LogP contribution is -2.34. The molecule has 0 radical (unpaired) electrons. The molecule has 2 N–H and O–H groups in total. The zero-order valence-corrected chi connectivity index (χ0v) is 27.4. The third-order valence-electron chi connectivity index (χ3n) is 9.04. The van der Waals surface area contributed by atoms with Crippen molar-refractivity contribution < 1.29 is 23.7 Å². The fourth-order valence-corrected chi connectivity index (χ4v) is 6.86. The summed E-state index contributed by atoms with van der Waals surface area (Å²) in [4.78, 5) is 12.1. The van der Waals surface area contributed by atoms with Crippen molar-refractivity contribution >= 4 is 34.3 Å². The van der Waals surface area contributed by atoms with Crippen LogP contribution in [0.3, 0.4) is 0 Å². The number of hydrogen-bond donors (Lipinski definition) is 2. The number of nitrogens with one attached hydrogen (secondary N) is 2. The Morgan fingerprint density at radius 2 is 1.52 bits per heavy atom. The molecular weight excluding hydrogens is 600 g/mol. The van der Waals surface area contributed by atoms with E-state index in [0.717, 1.165) is 57.5 Å². The first-order chi connectivity index (χ1) is 23.4. The SMILES string of the molecule is C=C(Nc1ccc(C2(c3ccc(NC(=O)OCC)cc3)C=Cc3c4c(c5ccc(OC)cc5c3O2)-c2ccccc2CC4)cc1)OCC. The molecule has 1 aliphatic heterocycles. The molecular formula is C41H38N2O5. The Morgan fingerprint density at radius 1 is 0.833 bits per heavy atom. The van der Waals surface area contributed by atoms with Gasteiger partial charge in [-0.2, -0.15) is 0 Å². The van der Waals surface area contributed by atoms with E-state index in [1.807, 2.05) is 49.4 Å². The van der Waals surface area contributed by atoms with Crippen molar-refractivity contribution in [2.45, 2.75) is 32.3 Å². The molecule has 0 bridgehead atoms. The summed E-state index contributed by atoms with van der Waals surface area (Å²) < 4.78 is 23.7. The number of carbonyl (C=O) groups is 1. The number of carbonyl (C=O) groups excluding carboxylic acids is 1. The number of anilines is 2. The molecule has 2 aliphatic rings. The van der Waals surface area contributed by atoms with Gasteiger partial charge in [0.25, 0.3) is 0 Å². The fraction of sp³-hybridized carbons (Fsp3) is 0.195. The highest BCUT2D eigenvalue weighted by Crippen LogP contribution is 2.52. The predicted octanol–water partition coefficient (Wildman–Crippen LogP) is 9.45. The average molecular weight is 639 g/mol. The molecule has 7 rings (SSSR count). The molecule has 48 heavy (non-hydrogen) atoms. The second-order valence-corrected chi connectivity index (χ2v) is 11.8. The Hall–Kier alpha value is -5.69. The van der Waals surface area contributed by atoms with Crippen LogP contribution in [0.15, 0.2) is 110 Å². The second kappa shape index (κ2) is 12.8. The van der Waals surface area contributed by atoms with Crippen LogP contribution in [0.1, 0.15) is 41.7 Å². The number of fused-ring (bicyclic) bond motifs is 8. The lowest BCUT2D eigenvalue weighted by molar-refractivity contribution is 0.163. The van der Waals surface area contributed by atoms with Crippen LogP contribution in [-0.4, -0.2) is 26.4 Å². The van der Waals surface area contributed by atoms with E-state index in [1.54, 1.807) is 14.0 Å². The number of ether oxygens (including phenoxy) is 4. The van der Waals surface area contributed by atoms with Crippen molar-refractivity contribution in [3.05, 3.63) is 137 Å². The maximum Gasteiger partial charge on any atom is 0.411 e. The Morgan fingerprint density at radius 3 is 2.21 bits per heavy atom. The highest BCUT2D eigenvalue weighted by Gasteiger charge is 2.39. The van der Waals surface area contributed by atoms with Crippen molar-refractivity contribution in [2.75, 3.05) is 31.0 Å². The van der Waals surface area contributed by atoms with Crippen LogP contribution < -0.4 is 20.1 Å². The number of aryl methyl sites for hydroxylation is 1. The summed E-state index contributed by atoms with van der Waals surface area (Å²) in [6, 6.07) is 30.7. The van der Waals surface area contributed by atoms with E-state index in [4.69, 9.17) is 18.9 Å². The number of amides is 1. The molecule has 1 amide bonds. The third-order valence-corrected chi connectivity index (χ3v) is 9.04. The number of rotatable bonds is 9. The predicted molar refractivity (Wildman–Crippen MR) is 192 cm³/mol. The molecule has 1 unspecified atom stereocenters. The lowest BCUT2D eigenvalue weighted by Gasteiger charge is -2.38. The van der Waals surface area contributed by atoms with E-state index in [0.29, 0.717) is 24.8 Å². The topological polar surface area (TPSA) is 78.1 Å². The van der Waals surface area contributed by atoms with Gasteiger partial charge in [-0.05, 0) is 109 Å². The summed E-state index contributed by atoms with van der Waals surface area (Å²) in [7, 11) is 1.69. The molecule has 5 aromatic carbocycles. The molecule has 7 nitrogen and oxygen atoms in total. The van der Waals surface area contributed by atoms with Crippen LogP contribution in [0.2, 0.25) is 0 Å². The minimum atomic E-state index is -0.984. The molecule has 1 heterocycles. The quantitative estimate of drug-likeness (QED) is 0.157. The largest absolute Gasteiger partial charge is 0.497 e. The monoisotopic (exact) mass is 638 g/mol. The molecule has 0 saturated heterocycles. The standard InChI is InChI=1S/C41H38N2O5/c1-5-46-26(3)42-30-16-12-28(13-17-30)41(29-14-18-31(19-15-29)43-40(44)47-6-2)24-23-36-34-21-11-27-9-7-8-10-33(27)38(34)35-22-20-32(45-4)25-37(35)39(36)48-41/h7-10,12-20,22-25,42H,3,5-6,11,21H2,1-2,4H3,(H,43,44). The van der Waals surface area contributed by atoms with Crippen LogP contribution in [-0.2, 0) is 27.9 Å². The summed E-state index contributed by atoms with van der Waals surface area (Å²) in [5, 5.41) is 8.12. The van der Waals surface area contributed by atoms with E-state index >= 15 is 0 Å². The van der Waals surface area contributed by atoms with Gasteiger partial charge < -0.3 is 24.3 Å². The number of benzene rings is 5. The van der Waals surface area contributed by atoms with Gasteiger partial charge in [0, 0.05) is 33.5 Å². The van der Waals surface area contributed by atoms with E-state index in [2.05, 4.69) is 77.9 Å². The fourth-order valence-electron chi connectivity index (χ4n) is 6.86. The number of methoxy groups -OCH3 is 1. The zero-order valence-electron chi connectivity index (χ0n) is 27.4. The maximum atomic E-state index is 12.1. The Kier molecular flexibility index (Phi) is 8.27. The first kappa shape index (κ1) is 30.9. The van der Waals surface area contributed by atoms with Crippen LogP contribution in [0.25, 0.3) is 28.0 Å². The van der Waals surface area contributed by atoms with E-state index in [9.17, 15) is 4.79 Å². The third kappa shape index (κ3) is 5.51. The van der Waals surface area contributed by atoms with Gasteiger partial charge in [0.15, 0.2) is 11.5 Å².